The number of carbonyl (C=O) groups is 1. The van der Waals surface area contributed by atoms with Gasteiger partial charge in [-0.05, 0) is 12.0 Å². The maximum absolute atomic E-state index is 12.0. The molecule has 1 unspecified atom stereocenters. The second-order valence-corrected chi connectivity index (χ2v) is 4.47. The molecule has 0 saturated carbocycles. The van der Waals surface area contributed by atoms with Gasteiger partial charge in [0.05, 0.1) is 6.61 Å². The van der Waals surface area contributed by atoms with Crippen molar-refractivity contribution in [2.24, 2.45) is 11.5 Å². The van der Waals surface area contributed by atoms with Crippen molar-refractivity contribution in [1.29, 1.82) is 0 Å². The van der Waals surface area contributed by atoms with Crippen LogP contribution in [0.5, 0.6) is 0 Å². The fourth-order valence-electron chi connectivity index (χ4n) is 1.64. The predicted octanol–water partition coefficient (Wildman–Crippen LogP) is 1.68. The van der Waals surface area contributed by atoms with Gasteiger partial charge in [-0.3, -0.25) is 4.79 Å². The van der Waals surface area contributed by atoms with Gasteiger partial charge >= 0.3 is 6.18 Å². The zero-order valence-corrected chi connectivity index (χ0v) is 10.8. The first-order chi connectivity index (χ1) is 9.26. The highest BCUT2D eigenvalue weighted by Crippen LogP contribution is 2.22. The molecule has 0 saturated heterocycles. The van der Waals surface area contributed by atoms with Crippen molar-refractivity contribution >= 4 is 5.91 Å². The summed E-state index contributed by atoms with van der Waals surface area (Å²) in [6.07, 6.45) is -5.34. The zero-order chi connectivity index (χ0) is 15.2. The molecule has 7 heteroatoms. The van der Waals surface area contributed by atoms with E-state index in [4.69, 9.17) is 16.2 Å². The number of hydrogen-bond donors (Lipinski definition) is 2. The lowest BCUT2D eigenvalue weighted by molar-refractivity contribution is -0.139. The number of nitrogens with two attached hydrogens (primary N) is 2. The summed E-state index contributed by atoms with van der Waals surface area (Å²) in [6, 6.07) is 8.34. The molecule has 4 nitrogen and oxygen atoms in total. The van der Waals surface area contributed by atoms with E-state index in [0.717, 1.165) is 0 Å². The molecule has 0 aliphatic carbocycles. The predicted molar refractivity (Wildman–Crippen MR) is 67.6 cm³/mol. The second-order valence-electron chi connectivity index (χ2n) is 4.47. The average Bonchev–Trinajstić information content (AvgIpc) is 2.37. The normalized spacial score (nSPS) is 14.8. The topological polar surface area (TPSA) is 78.3 Å². The van der Waals surface area contributed by atoms with E-state index in [-0.39, 0.29) is 19.6 Å². The third-order valence-corrected chi connectivity index (χ3v) is 2.81. The largest absolute Gasteiger partial charge is 0.389 e. The first-order valence-electron chi connectivity index (χ1n) is 6.04. The molecule has 0 heterocycles. The summed E-state index contributed by atoms with van der Waals surface area (Å²) in [6.45, 7) is -0.400. The first kappa shape index (κ1) is 16.5. The Balaban J connectivity index is 2.55. The van der Waals surface area contributed by atoms with Crippen LogP contribution in [0.1, 0.15) is 18.4 Å². The molecule has 1 aromatic carbocycles. The molecule has 0 spiro atoms. The van der Waals surface area contributed by atoms with Crippen molar-refractivity contribution in [3.05, 3.63) is 35.9 Å². The van der Waals surface area contributed by atoms with Gasteiger partial charge in [-0.25, -0.2) is 0 Å². The molecule has 1 aromatic rings. The number of alkyl halides is 3. The van der Waals surface area contributed by atoms with Crippen LogP contribution in [0, 0.1) is 0 Å². The van der Waals surface area contributed by atoms with E-state index in [2.05, 4.69) is 0 Å². The zero-order valence-electron chi connectivity index (χ0n) is 10.8. The minimum atomic E-state index is -4.22. The SMILES string of the molecule is NC(=O)C(N)(COCCCC(F)(F)F)c1ccccc1. The highest BCUT2D eigenvalue weighted by molar-refractivity contribution is 5.86. The second kappa shape index (κ2) is 6.71. The smallest absolute Gasteiger partial charge is 0.379 e. The summed E-state index contributed by atoms with van der Waals surface area (Å²) >= 11 is 0. The van der Waals surface area contributed by atoms with Crippen LogP contribution in [0.4, 0.5) is 13.2 Å². The Labute approximate surface area is 114 Å². The lowest BCUT2D eigenvalue weighted by Gasteiger charge is -2.26. The summed E-state index contributed by atoms with van der Waals surface area (Å²) in [5.74, 6) is -0.792. The number of hydrogen-bond acceptors (Lipinski definition) is 3. The fourth-order valence-corrected chi connectivity index (χ4v) is 1.64. The van der Waals surface area contributed by atoms with Crippen LogP contribution in [0.25, 0.3) is 0 Å². The quantitative estimate of drug-likeness (QED) is 0.750. The van der Waals surface area contributed by atoms with E-state index >= 15 is 0 Å². The van der Waals surface area contributed by atoms with Crippen molar-refractivity contribution < 1.29 is 22.7 Å². The molecule has 0 bridgehead atoms. The summed E-state index contributed by atoms with van der Waals surface area (Å²) in [4.78, 5) is 11.5. The monoisotopic (exact) mass is 290 g/mol. The summed E-state index contributed by atoms with van der Waals surface area (Å²) in [5, 5.41) is 0. The summed E-state index contributed by atoms with van der Waals surface area (Å²) in [5.41, 5.74) is 10.1. The van der Waals surface area contributed by atoms with Gasteiger partial charge in [0.15, 0.2) is 0 Å². The van der Waals surface area contributed by atoms with Gasteiger partial charge in [0.2, 0.25) is 5.91 Å². The Morgan fingerprint density at radius 1 is 1.20 bits per heavy atom. The molecule has 0 radical (unpaired) electrons. The number of ether oxygens (including phenoxy) is 1. The molecule has 1 rings (SSSR count). The number of carbonyl (C=O) groups excluding carboxylic acids is 1. The maximum Gasteiger partial charge on any atom is 0.389 e. The van der Waals surface area contributed by atoms with Crippen molar-refractivity contribution in [1.82, 2.24) is 0 Å². The maximum atomic E-state index is 12.0. The molecule has 0 aliphatic rings. The number of rotatable bonds is 7. The lowest BCUT2D eigenvalue weighted by Crippen LogP contribution is -2.52. The van der Waals surface area contributed by atoms with Crippen molar-refractivity contribution in [3.63, 3.8) is 0 Å². The summed E-state index contributed by atoms with van der Waals surface area (Å²) in [7, 11) is 0. The summed E-state index contributed by atoms with van der Waals surface area (Å²) < 4.78 is 41.0. The van der Waals surface area contributed by atoms with Crippen LogP contribution in [0.3, 0.4) is 0 Å². The average molecular weight is 290 g/mol. The third kappa shape index (κ3) is 4.82. The van der Waals surface area contributed by atoms with Crippen LogP contribution >= 0.6 is 0 Å². The Morgan fingerprint density at radius 3 is 2.30 bits per heavy atom. The Kier molecular flexibility index (Phi) is 5.52. The molecule has 0 fully saturated rings. The molecule has 0 aliphatic heterocycles. The van der Waals surface area contributed by atoms with Crippen LogP contribution < -0.4 is 11.5 Å². The van der Waals surface area contributed by atoms with Gasteiger partial charge in [0, 0.05) is 13.0 Å². The number of benzene rings is 1. The van der Waals surface area contributed by atoms with Gasteiger partial charge in [-0.1, -0.05) is 30.3 Å². The molecular weight excluding hydrogens is 273 g/mol. The molecule has 4 N–H and O–H groups in total. The third-order valence-electron chi connectivity index (χ3n) is 2.81. The van der Waals surface area contributed by atoms with E-state index in [9.17, 15) is 18.0 Å². The van der Waals surface area contributed by atoms with E-state index in [0.29, 0.717) is 5.56 Å². The van der Waals surface area contributed by atoms with Crippen LogP contribution in [-0.2, 0) is 15.1 Å². The number of halogens is 3. The minimum Gasteiger partial charge on any atom is -0.379 e. The minimum absolute atomic E-state index is 0.140. The van der Waals surface area contributed by atoms with E-state index in [1.165, 1.54) is 0 Å². The van der Waals surface area contributed by atoms with E-state index in [1.54, 1.807) is 30.3 Å². The molecule has 0 aromatic heterocycles. The molecule has 1 atom stereocenters. The van der Waals surface area contributed by atoms with E-state index in [1.807, 2.05) is 0 Å². The van der Waals surface area contributed by atoms with Gasteiger partial charge in [0.1, 0.15) is 5.54 Å². The number of primary amides is 1. The van der Waals surface area contributed by atoms with Gasteiger partial charge < -0.3 is 16.2 Å². The number of amides is 1. The van der Waals surface area contributed by atoms with E-state index < -0.39 is 24.0 Å². The first-order valence-corrected chi connectivity index (χ1v) is 6.04. The van der Waals surface area contributed by atoms with Gasteiger partial charge in [-0.2, -0.15) is 13.2 Å². The molecule has 20 heavy (non-hydrogen) atoms. The van der Waals surface area contributed by atoms with Crippen LogP contribution in [0.15, 0.2) is 30.3 Å². The van der Waals surface area contributed by atoms with Gasteiger partial charge in [0.25, 0.3) is 0 Å². The van der Waals surface area contributed by atoms with Crippen molar-refractivity contribution in [2.75, 3.05) is 13.2 Å². The van der Waals surface area contributed by atoms with Crippen molar-refractivity contribution in [3.8, 4) is 0 Å². The molecule has 1 amide bonds. The highest BCUT2D eigenvalue weighted by Gasteiger charge is 2.34. The molecule has 112 valence electrons. The Bertz CT molecular complexity index is 437. The standard InChI is InChI=1S/C13H17F3N2O2/c14-13(15,16)7-4-8-20-9-12(18,11(17)19)10-5-2-1-3-6-10/h1-3,5-6H,4,7-9,18H2,(H2,17,19). The van der Waals surface area contributed by atoms with Gasteiger partial charge in [-0.15, -0.1) is 0 Å². The fraction of sp³-hybridized carbons (Fsp3) is 0.462. The van der Waals surface area contributed by atoms with Crippen LogP contribution in [0.2, 0.25) is 0 Å². The highest BCUT2D eigenvalue weighted by atomic mass is 19.4. The van der Waals surface area contributed by atoms with Crippen LogP contribution in [-0.4, -0.2) is 25.3 Å². The van der Waals surface area contributed by atoms with Crippen molar-refractivity contribution in [2.45, 2.75) is 24.6 Å². The Morgan fingerprint density at radius 2 is 1.80 bits per heavy atom. The lowest BCUT2D eigenvalue weighted by atomic mass is 9.91. The Hall–Kier alpha value is -1.60. The molecular formula is C13H17F3N2O2.